The quantitative estimate of drug-likeness (QED) is 0.705. The van der Waals surface area contributed by atoms with Crippen LogP contribution in [0.25, 0.3) is 0 Å². The maximum Gasteiger partial charge on any atom is 0.220 e. The minimum Gasteiger partial charge on any atom is -0.349 e. The summed E-state index contributed by atoms with van der Waals surface area (Å²) in [5.74, 6) is 0.835. The van der Waals surface area contributed by atoms with Crippen LogP contribution < -0.4 is 5.32 Å². The van der Waals surface area contributed by atoms with Crippen LogP contribution in [0.3, 0.4) is 0 Å². The summed E-state index contributed by atoms with van der Waals surface area (Å²) < 4.78 is 0. The van der Waals surface area contributed by atoms with Crippen molar-refractivity contribution < 1.29 is 4.79 Å². The summed E-state index contributed by atoms with van der Waals surface area (Å²) in [7, 11) is 0. The molecule has 1 rings (SSSR count). The van der Waals surface area contributed by atoms with Crippen LogP contribution >= 0.6 is 31.9 Å². The lowest BCUT2D eigenvalue weighted by molar-refractivity contribution is -0.123. The molecule has 0 spiro atoms. The van der Waals surface area contributed by atoms with Gasteiger partial charge >= 0.3 is 0 Å². The Morgan fingerprint density at radius 1 is 1.24 bits per heavy atom. The lowest BCUT2D eigenvalue weighted by atomic mass is 9.86. The number of hydrogen-bond acceptors (Lipinski definition) is 1. The zero-order chi connectivity index (χ0) is 12.7. The monoisotopic (exact) mass is 367 g/mol. The van der Waals surface area contributed by atoms with Gasteiger partial charge in [-0.2, -0.15) is 0 Å². The molecule has 0 aromatic rings. The molecule has 0 atom stereocenters. The Morgan fingerprint density at radius 3 is 2.29 bits per heavy atom. The first-order valence-corrected chi connectivity index (χ1v) is 8.83. The number of rotatable bonds is 6. The third-order valence-electron chi connectivity index (χ3n) is 3.79. The van der Waals surface area contributed by atoms with Gasteiger partial charge in [0.2, 0.25) is 5.91 Å². The zero-order valence-corrected chi connectivity index (χ0v) is 13.8. The van der Waals surface area contributed by atoms with E-state index in [1.165, 1.54) is 32.1 Å². The highest BCUT2D eigenvalue weighted by Crippen LogP contribution is 2.26. The number of carbonyl (C=O) groups is 1. The second-order valence-electron chi connectivity index (χ2n) is 5.16. The Labute approximate surface area is 122 Å². The molecule has 0 aliphatic heterocycles. The highest BCUT2D eigenvalue weighted by atomic mass is 79.9. The SMILES string of the molecule is CCC(CBr)(CBr)NC(=O)CC1CCCCC1. The van der Waals surface area contributed by atoms with E-state index in [4.69, 9.17) is 0 Å². The van der Waals surface area contributed by atoms with Crippen molar-refractivity contribution in [3.8, 4) is 0 Å². The average Bonchev–Trinajstić information content (AvgIpc) is 2.37. The first-order valence-electron chi connectivity index (χ1n) is 6.58. The van der Waals surface area contributed by atoms with Gasteiger partial charge in [-0.15, -0.1) is 0 Å². The Hall–Kier alpha value is 0.430. The normalized spacial score (nSPS) is 18.1. The van der Waals surface area contributed by atoms with Crippen molar-refractivity contribution >= 4 is 37.8 Å². The molecule has 100 valence electrons. The highest BCUT2D eigenvalue weighted by Gasteiger charge is 2.28. The molecule has 1 amide bonds. The Morgan fingerprint density at radius 2 is 1.82 bits per heavy atom. The third-order valence-corrected chi connectivity index (χ3v) is 5.94. The molecule has 0 heterocycles. The topological polar surface area (TPSA) is 29.1 Å². The Balaban J connectivity index is 2.41. The highest BCUT2D eigenvalue weighted by molar-refractivity contribution is 9.09. The van der Waals surface area contributed by atoms with E-state index in [9.17, 15) is 4.79 Å². The Kier molecular flexibility index (Phi) is 7.08. The molecule has 0 saturated heterocycles. The molecule has 0 bridgehead atoms. The van der Waals surface area contributed by atoms with Crippen molar-refractivity contribution in [2.24, 2.45) is 5.92 Å². The molecule has 2 nitrogen and oxygen atoms in total. The first kappa shape index (κ1) is 15.5. The smallest absolute Gasteiger partial charge is 0.220 e. The maximum absolute atomic E-state index is 12.1. The van der Waals surface area contributed by atoms with Crippen LogP contribution in [0.15, 0.2) is 0 Å². The summed E-state index contributed by atoms with van der Waals surface area (Å²) in [5.41, 5.74) is -0.119. The van der Waals surface area contributed by atoms with Crippen molar-refractivity contribution in [2.45, 2.75) is 57.4 Å². The van der Waals surface area contributed by atoms with Crippen molar-refractivity contribution in [2.75, 3.05) is 10.7 Å². The molecule has 0 aromatic carbocycles. The number of hydrogen-bond donors (Lipinski definition) is 1. The van der Waals surface area contributed by atoms with Crippen LogP contribution in [0.4, 0.5) is 0 Å². The van der Waals surface area contributed by atoms with E-state index in [-0.39, 0.29) is 11.4 Å². The minimum absolute atomic E-state index is 0.119. The summed E-state index contributed by atoms with van der Waals surface area (Å²) >= 11 is 7.00. The number of carbonyl (C=O) groups excluding carboxylic acids is 1. The summed E-state index contributed by atoms with van der Waals surface area (Å²) in [6.07, 6.45) is 8.06. The fourth-order valence-corrected chi connectivity index (χ4v) is 4.38. The molecular weight excluding hydrogens is 346 g/mol. The lowest BCUT2D eigenvalue weighted by Gasteiger charge is -2.31. The number of nitrogens with one attached hydrogen (secondary N) is 1. The molecule has 17 heavy (non-hydrogen) atoms. The van der Waals surface area contributed by atoms with E-state index >= 15 is 0 Å². The van der Waals surface area contributed by atoms with Gasteiger partial charge in [-0.25, -0.2) is 0 Å². The number of amides is 1. The van der Waals surface area contributed by atoms with Gasteiger partial charge < -0.3 is 5.32 Å². The third kappa shape index (κ3) is 4.90. The van der Waals surface area contributed by atoms with E-state index in [0.29, 0.717) is 12.3 Å². The van der Waals surface area contributed by atoms with Crippen molar-refractivity contribution in [1.82, 2.24) is 5.32 Å². The zero-order valence-electron chi connectivity index (χ0n) is 10.6. The van der Waals surface area contributed by atoms with Crippen LogP contribution in [-0.2, 0) is 4.79 Å². The predicted molar refractivity (Wildman–Crippen MR) is 79.9 cm³/mol. The number of alkyl halides is 2. The van der Waals surface area contributed by atoms with Crippen molar-refractivity contribution in [1.29, 1.82) is 0 Å². The fourth-order valence-electron chi connectivity index (χ4n) is 2.38. The molecular formula is C13H23Br2NO. The van der Waals surface area contributed by atoms with Crippen molar-refractivity contribution in [3.05, 3.63) is 0 Å². The van der Waals surface area contributed by atoms with Crippen LogP contribution in [0, 0.1) is 5.92 Å². The summed E-state index contributed by atoms with van der Waals surface area (Å²) in [6, 6.07) is 0. The molecule has 1 fully saturated rings. The van der Waals surface area contributed by atoms with Gasteiger partial charge in [0.15, 0.2) is 0 Å². The first-order chi connectivity index (χ1) is 8.15. The lowest BCUT2D eigenvalue weighted by Crippen LogP contribution is -2.51. The van der Waals surface area contributed by atoms with E-state index < -0.39 is 0 Å². The van der Waals surface area contributed by atoms with Gasteiger partial charge in [0.25, 0.3) is 0 Å². The molecule has 0 radical (unpaired) electrons. The molecule has 1 N–H and O–H groups in total. The van der Waals surface area contributed by atoms with Gasteiger partial charge in [-0.05, 0) is 25.2 Å². The van der Waals surface area contributed by atoms with Gasteiger partial charge in [0.1, 0.15) is 0 Å². The van der Waals surface area contributed by atoms with Crippen LogP contribution in [0.1, 0.15) is 51.9 Å². The van der Waals surface area contributed by atoms with E-state index in [1.807, 2.05) is 0 Å². The van der Waals surface area contributed by atoms with Crippen LogP contribution in [-0.4, -0.2) is 22.1 Å². The van der Waals surface area contributed by atoms with Gasteiger partial charge in [0, 0.05) is 17.1 Å². The standard InChI is InChI=1S/C13H23Br2NO/c1-2-13(9-14,10-15)16-12(17)8-11-6-4-3-5-7-11/h11H,2-10H2,1H3,(H,16,17). The van der Waals surface area contributed by atoms with Crippen molar-refractivity contribution in [3.63, 3.8) is 0 Å². The van der Waals surface area contributed by atoms with Crippen LogP contribution in [0.5, 0.6) is 0 Å². The predicted octanol–water partition coefficient (Wildman–Crippen LogP) is 4.01. The van der Waals surface area contributed by atoms with Crippen LogP contribution in [0.2, 0.25) is 0 Å². The summed E-state index contributed by atoms with van der Waals surface area (Å²) in [4.78, 5) is 12.1. The molecule has 0 unspecified atom stereocenters. The molecule has 1 aliphatic carbocycles. The van der Waals surface area contributed by atoms with Gasteiger partial charge in [-0.1, -0.05) is 58.0 Å². The maximum atomic E-state index is 12.1. The van der Waals surface area contributed by atoms with Gasteiger partial charge in [0.05, 0.1) is 5.54 Å². The van der Waals surface area contributed by atoms with E-state index in [0.717, 1.165) is 17.1 Å². The summed E-state index contributed by atoms with van der Waals surface area (Å²) in [6.45, 7) is 2.11. The van der Waals surface area contributed by atoms with Gasteiger partial charge in [-0.3, -0.25) is 4.79 Å². The molecule has 0 aromatic heterocycles. The number of halogens is 2. The fraction of sp³-hybridized carbons (Fsp3) is 0.923. The molecule has 1 saturated carbocycles. The summed E-state index contributed by atoms with van der Waals surface area (Å²) in [5, 5.41) is 4.80. The molecule has 4 heteroatoms. The second-order valence-corrected chi connectivity index (χ2v) is 6.28. The molecule has 1 aliphatic rings. The largest absolute Gasteiger partial charge is 0.349 e. The van der Waals surface area contributed by atoms with E-state index in [1.54, 1.807) is 0 Å². The Bertz CT molecular complexity index is 227. The average molecular weight is 369 g/mol. The minimum atomic E-state index is -0.119. The second kappa shape index (κ2) is 7.78. The van der Waals surface area contributed by atoms with E-state index in [2.05, 4.69) is 44.1 Å².